The van der Waals surface area contributed by atoms with Crippen molar-refractivity contribution in [1.82, 2.24) is 4.57 Å². The third-order valence-corrected chi connectivity index (χ3v) is 10.1. The molecular weight excluding hydrogens is 605 g/mol. The minimum Gasteiger partial charge on any atom is -0.310 e. The summed E-state index contributed by atoms with van der Waals surface area (Å²) in [7, 11) is 0. The summed E-state index contributed by atoms with van der Waals surface area (Å²) in [5, 5.41) is 10.0. The first-order valence-electron chi connectivity index (χ1n) is 17.2. The van der Waals surface area contributed by atoms with Crippen LogP contribution in [0.1, 0.15) is 0 Å². The van der Waals surface area contributed by atoms with Crippen LogP contribution in [0.15, 0.2) is 194 Å². The van der Waals surface area contributed by atoms with Crippen LogP contribution in [-0.2, 0) is 0 Å². The standard InChI is InChI=1S/C48H32N2/c1-2-11-33(12-3-1)37-15-10-16-40(31-37)49(41-25-23-36-22-21-34-13-4-6-17-42(34)46(36)32-41)38-26-28-39(29-27-38)50-47-20-9-8-19-44(47)45-30-24-35-14-5-7-18-43(35)48(45)50/h1-32H. The second kappa shape index (κ2) is 11.5. The van der Waals surface area contributed by atoms with E-state index in [2.05, 4.69) is 204 Å². The molecule has 0 bridgehead atoms. The van der Waals surface area contributed by atoms with E-state index >= 15 is 0 Å². The van der Waals surface area contributed by atoms with Gasteiger partial charge in [0.2, 0.25) is 0 Å². The summed E-state index contributed by atoms with van der Waals surface area (Å²) >= 11 is 0. The van der Waals surface area contributed by atoms with E-state index in [1.165, 1.54) is 65.3 Å². The predicted molar refractivity (Wildman–Crippen MR) is 213 cm³/mol. The maximum absolute atomic E-state index is 2.43. The van der Waals surface area contributed by atoms with Gasteiger partial charge in [0, 0.05) is 38.9 Å². The van der Waals surface area contributed by atoms with Gasteiger partial charge in [0.15, 0.2) is 0 Å². The number of para-hydroxylation sites is 1. The normalized spacial score (nSPS) is 11.6. The first-order chi connectivity index (χ1) is 24.8. The molecule has 50 heavy (non-hydrogen) atoms. The minimum atomic E-state index is 1.10. The van der Waals surface area contributed by atoms with E-state index in [0.717, 1.165) is 22.7 Å². The second-order valence-electron chi connectivity index (χ2n) is 13.0. The van der Waals surface area contributed by atoms with Crippen molar-refractivity contribution < 1.29 is 0 Å². The van der Waals surface area contributed by atoms with E-state index in [-0.39, 0.29) is 0 Å². The number of rotatable bonds is 5. The fourth-order valence-corrected chi connectivity index (χ4v) is 7.78. The van der Waals surface area contributed by atoms with Crippen LogP contribution in [0, 0.1) is 0 Å². The van der Waals surface area contributed by atoms with Gasteiger partial charge in [0.1, 0.15) is 0 Å². The van der Waals surface area contributed by atoms with Gasteiger partial charge in [-0.05, 0) is 92.7 Å². The molecule has 2 nitrogen and oxygen atoms in total. The highest BCUT2D eigenvalue weighted by Crippen LogP contribution is 2.41. The molecule has 0 fully saturated rings. The van der Waals surface area contributed by atoms with Gasteiger partial charge in [-0.3, -0.25) is 0 Å². The monoisotopic (exact) mass is 636 g/mol. The quantitative estimate of drug-likeness (QED) is 0.171. The first kappa shape index (κ1) is 28.4. The van der Waals surface area contributed by atoms with Crippen LogP contribution in [0.25, 0.3) is 70.9 Å². The smallest absolute Gasteiger partial charge is 0.0619 e. The SMILES string of the molecule is c1ccc(-c2cccc(N(c3ccc(-n4c5ccccc5c5ccc6ccccc6c54)cc3)c3ccc4ccc5ccccc5c4c3)c2)cc1. The third-order valence-electron chi connectivity index (χ3n) is 10.1. The highest BCUT2D eigenvalue weighted by molar-refractivity contribution is 6.18. The average molecular weight is 637 g/mol. The molecule has 234 valence electrons. The third kappa shape index (κ3) is 4.57. The lowest BCUT2D eigenvalue weighted by Crippen LogP contribution is -2.10. The zero-order valence-electron chi connectivity index (χ0n) is 27.4. The second-order valence-corrected chi connectivity index (χ2v) is 13.0. The van der Waals surface area contributed by atoms with E-state index in [1.807, 2.05) is 0 Å². The summed E-state index contributed by atoms with van der Waals surface area (Å²) in [6.45, 7) is 0. The van der Waals surface area contributed by atoms with E-state index in [4.69, 9.17) is 0 Å². The highest BCUT2D eigenvalue weighted by Gasteiger charge is 2.18. The molecule has 2 heteroatoms. The maximum atomic E-state index is 2.43. The van der Waals surface area contributed by atoms with Crippen molar-refractivity contribution in [3.05, 3.63) is 194 Å². The highest BCUT2D eigenvalue weighted by atomic mass is 15.1. The Morgan fingerprint density at radius 3 is 1.72 bits per heavy atom. The Labute approximate surface area is 290 Å². The van der Waals surface area contributed by atoms with Crippen LogP contribution >= 0.6 is 0 Å². The van der Waals surface area contributed by atoms with Gasteiger partial charge in [-0.2, -0.15) is 0 Å². The Balaban J connectivity index is 1.18. The molecular formula is C48H32N2. The predicted octanol–water partition coefficient (Wildman–Crippen LogP) is 13.4. The van der Waals surface area contributed by atoms with Crippen molar-refractivity contribution >= 4 is 71.2 Å². The molecule has 0 N–H and O–H groups in total. The maximum Gasteiger partial charge on any atom is 0.0619 e. The van der Waals surface area contributed by atoms with Gasteiger partial charge in [-0.15, -0.1) is 0 Å². The fraction of sp³-hybridized carbons (Fsp3) is 0. The number of anilines is 3. The lowest BCUT2D eigenvalue weighted by Gasteiger charge is -2.27. The number of nitrogens with zero attached hydrogens (tertiary/aromatic N) is 2. The van der Waals surface area contributed by atoms with E-state index < -0.39 is 0 Å². The Morgan fingerprint density at radius 2 is 0.900 bits per heavy atom. The lowest BCUT2D eigenvalue weighted by atomic mass is 10.0. The summed E-state index contributed by atoms with van der Waals surface area (Å²) in [6, 6.07) is 70.5. The topological polar surface area (TPSA) is 8.17 Å². The Morgan fingerprint density at radius 1 is 0.320 bits per heavy atom. The van der Waals surface area contributed by atoms with Crippen LogP contribution in [0.3, 0.4) is 0 Å². The molecule has 1 heterocycles. The summed E-state index contributed by atoms with van der Waals surface area (Å²) in [5.74, 6) is 0. The first-order valence-corrected chi connectivity index (χ1v) is 17.2. The zero-order chi connectivity index (χ0) is 33.0. The minimum absolute atomic E-state index is 1.10. The molecule has 0 saturated heterocycles. The molecule has 0 amide bonds. The van der Waals surface area contributed by atoms with Crippen LogP contribution in [0.2, 0.25) is 0 Å². The number of fused-ring (bicyclic) bond motifs is 8. The number of benzene rings is 9. The Kier molecular flexibility index (Phi) is 6.53. The molecule has 0 aliphatic carbocycles. The van der Waals surface area contributed by atoms with Crippen molar-refractivity contribution in [2.75, 3.05) is 4.90 Å². The van der Waals surface area contributed by atoms with Crippen molar-refractivity contribution in [1.29, 1.82) is 0 Å². The molecule has 0 spiro atoms. The summed E-state index contributed by atoms with van der Waals surface area (Å²) < 4.78 is 2.43. The molecule has 10 aromatic rings. The van der Waals surface area contributed by atoms with E-state index in [9.17, 15) is 0 Å². The van der Waals surface area contributed by atoms with Gasteiger partial charge in [-0.1, -0.05) is 140 Å². The largest absolute Gasteiger partial charge is 0.310 e. The fourth-order valence-electron chi connectivity index (χ4n) is 7.78. The van der Waals surface area contributed by atoms with Crippen molar-refractivity contribution in [2.45, 2.75) is 0 Å². The molecule has 0 unspecified atom stereocenters. The van der Waals surface area contributed by atoms with Crippen LogP contribution in [0.4, 0.5) is 17.1 Å². The van der Waals surface area contributed by atoms with Crippen LogP contribution in [0.5, 0.6) is 0 Å². The summed E-state index contributed by atoms with van der Waals surface area (Å²) in [4.78, 5) is 2.39. The number of hydrogen-bond acceptors (Lipinski definition) is 1. The Bertz CT molecular complexity index is 2860. The van der Waals surface area contributed by atoms with Crippen molar-refractivity contribution in [3.63, 3.8) is 0 Å². The molecule has 0 saturated carbocycles. The summed E-state index contributed by atoms with van der Waals surface area (Å²) in [5.41, 5.74) is 9.31. The Hall–Kier alpha value is -6.64. The van der Waals surface area contributed by atoms with Crippen molar-refractivity contribution in [2.24, 2.45) is 0 Å². The van der Waals surface area contributed by atoms with Crippen LogP contribution < -0.4 is 4.90 Å². The molecule has 0 atom stereocenters. The van der Waals surface area contributed by atoms with Crippen LogP contribution in [-0.4, -0.2) is 4.57 Å². The lowest BCUT2D eigenvalue weighted by molar-refractivity contribution is 1.18. The zero-order valence-corrected chi connectivity index (χ0v) is 27.4. The van der Waals surface area contributed by atoms with E-state index in [0.29, 0.717) is 0 Å². The summed E-state index contributed by atoms with van der Waals surface area (Å²) in [6.07, 6.45) is 0. The average Bonchev–Trinajstić information content (AvgIpc) is 3.54. The molecule has 10 rings (SSSR count). The van der Waals surface area contributed by atoms with Gasteiger partial charge >= 0.3 is 0 Å². The van der Waals surface area contributed by atoms with Gasteiger partial charge in [0.05, 0.1) is 11.0 Å². The van der Waals surface area contributed by atoms with Gasteiger partial charge < -0.3 is 9.47 Å². The molecule has 0 aliphatic heterocycles. The molecule has 9 aromatic carbocycles. The molecule has 1 aromatic heterocycles. The van der Waals surface area contributed by atoms with E-state index in [1.54, 1.807) is 0 Å². The number of aromatic nitrogens is 1. The molecule has 0 aliphatic rings. The number of hydrogen-bond donors (Lipinski definition) is 0. The van der Waals surface area contributed by atoms with Gasteiger partial charge in [0.25, 0.3) is 0 Å². The molecule has 0 radical (unpaired) electrons. The van der Waals surface area contributed by atoms with Gasteiger partial charge in [-0.25, -0.2) is 0 Å². The van der Waals surface area contributed by atoms with Crippen molar-refractivity contribution in [3.8, 4) is 16.8 Å².